The fourth-order valence-corrected chi connectivity index (χ4v) is 1.09. The minimum atomic E-state index is -0.00981. The summed E-state index contributed by atoms with van der Waals surface area (Å²) < 4.78 is 0. The molecule has 1 aliphatic carbocycles. The summed E-state index contributed by atoms with van der Waals surface area (Å²) in [6.45, 7) is 0. The Morgan fingerprint density at radius 3 is 2.70 bits per heavy atom. The number of aromatic nitrogens is 1. The van der Waals surface area contributed by atoms with Crippen LogP contribution in [0.15, 0.2) is 23.1 Å². The highest BCUT2D eigenvalue weighted by Crippen LogP contribution is 2.39. The minimum absolute atomic E-state index is 0.00981. The summed E-state index contributed by atoms with van der Waals surface area (Å²) in [4.78, 5) is 13.3. The van der Waals surface area contributed by atoms with Crippen LogP contribution in [-0.2, 0) is 0 Å². The van der Waals surface area contributed by atoms with Crippen molar-refractivity contribution >= 4 is 0 Å². The van der Waals surface area contributed by atoms with Gasteiger partial charge in [-0.25, -0.2) is 0 Å². The second-order valence-electron chi connectivity index (χ2n) is 2.76. The lowest BCUT2D eigenvalue weighted by atomic mass is 10.2. The lowest BCUT2D eigenvalue weighted by Gasteiger charge is -1.92. The third-order valence-electron chi connectivity index (χ3n) is 1.86. The van der Waals surface area contributed by atoms with Gasteiger partial charge in [0.05, 0.1) is 0 Å². The first-order valence-corrected chi connectivity index (χ1v) is 3.55. The molecule has 0 atom stereocenters. The second kappa shape index (κ2) is 1.97. The Hall–Kier alpha value is -1.05. The number of pyridine rings is 1. The molecule has 1 aromatic heterocycles. The Kier molecular flexibility index (Phi) is 1.13. The maximum absolute atomic E-state index is 10.6. The number of aromatic amines is 1. The molecule has 0 amide bonds. The summed E-state index contributed by atoms with van der Waals surface area (Å²) >= 11 is 0. The molecule has 2 rings (SSSR count). The van der Waals surface area contributed by atoms with Gasteiger partial charge in [0.25, 0.3) is 0 Å². The second-order valence-corrected chi connectivity index (χ2v) is 2.76. The zero-order chi connectivity index (χ0) is 6.97. The summed E-state index contributed by atoms with van der Waals surface area (Å²) in [5.41, 5.74) is 1.27. The van der Waals surface area contributed by atoms with E-state index >= 15 is 0 Å². The lowest BCUT2D eigenvalue weighted by molar-refractivity contribution is 1.08. The van der Waals surface area contributed by atoms with Gasteiger partial charge in [-0.2, -0.15) is 0 Å². The first-order valence-electron chi connectivity index (χ1n) is 3.55. The van der Waals surface area contributed by atoms with Gasteiger partial charge in [0, 0.05) is 12.3 Å². The van der Waals surface area contributed by atoms with Crippen molar-refractivity contribution in [2.24, 2.45) is 0 Å². The molecule has 0 unspecified atom stereocenters. The van der Waals surface area contributed by atoms with Crippen molar-refractivity contribution in [3.63, 3.8) is 0 Å². The van der Waals surface area contributed by atoms with Crippen LogP contribution in [0.2, 0.25) is 0 Å². The van der Waals surface area contributed by atoms with E-state index in [-0.39, 0.29) is 5.56 Å². The number of rotatable bonds is 1. The van der Waals surface area contributed by atoms with Gasteiger partial charge in [-0.3, -0.25) is 4.79 Å². The molecule has 1 aliphatic rings. The van der Waals surface area contributed by atoms with Gasteiger partial charge in [-0.05, 0) is 24.3 Å². The number of hydrogen-bond acceptors (Lipinski definition) is 1. The van der Waals surface area contributed by atoms with Crippen molar-refractivity contribution in [2.75, 3.05) is 0 Å². The molecule has 10 heavy (non-hydrogen) atoms. The molecular formula is C8H9NO. The van der Waals surface area contributed by atoms with Crippen LogP contribution in [0.4, 0.5) is 0 Å². The predicted molar refractivity (Wildman–Crippen MR) is 39.0 cm³/mol. The molecule has 2 nitrogen and oxygen atoms in total. The summed E-state index contributed by atoms with van der Waals surface area (Å²) in [6.07, 6.45) is 4.39. The minimum Gasteiger partial charge on any atom is -0.329 e. The molecule has 1 heterocycles. The highest BCUT2D eigenvalue weighted by molar-refractivity contribution is 5.19. The van der Waals surface area contributed by atoms with Crippen LogP contribution in [0.5, 0.6) is 0 Å². The number of hydrogen-bond donors (Lipinski definition) is 1. The Morgan fingerprint density at radius 1 is 1.40 bits per heavy atom. The zero-order valence-electron chi connectivity index (χ0n) is 5.63. The summed E-state index contributed by atoms with van der Waals surface area (Å²) in [7, 11) is 0. The summed E-state index contributed by atoms with van der Waals surface area (Å²) in [5, 5.41) is 0. The largest absolute Gasteiger partial charge is 0.329 e. The van der Waals surface area contributed by atoms with Gasteiger partial charge < -0.3 is 4.98 Å². The molecule has 52 valence electrons. The molecule has 0 spiro atoms. The van der Waals surface area contributed by atoms with Crippen molar-refractivity contribution in [1.82, 2.24) is 4.98 Å². The smallest absolute Gasteiger partial charge is 0.247 e. The average molecular weight is 135 g/mol. The van der Waals surface area contributed by atoms with Crippen molar-refractivity contribution in [2.45, 2.75) is 18.8 Å². The third-order valence-corrected chi connectivity index (χ3v) is 1.86. The van der Waals surface area contributed by atoms with Crippen LogP contribution >= 0.6 is 0 Å². The van der Waals surface area contributed by atoms with E-state index in [9.17, 15) is 4.79 Å². The van der Waals surface area contributed by atoms with E-state index in [0.717, 1.165) is 5.92 Å². The maximum Gasteiger partial charge on any atom is 0.247 e. The third kappa shape index (κ3) is 0.967. The van der Waals surface area contributed by atoms with E-state index in [1.54, 1.807) is 6.07 Å². The Bertz CT molecular complexity index is 265. The van der Waals surface area contributed by atoms with Crippen LogP contribution in [0, 0.1) is 0 Å². The lowest BCUT2D eigenvalue weighted by Crippen LogP contribution is -2.01. The van der Waals surface area contributed by atoms with E-state index in [1.807, 2.05) is 12.3 Å². The van der Waals surface area contributed by atoms with Crippen molar-refractivity contribution in [3.05, 3.63) is 34.2 Å². The monoisotopic (exact) mass is 135 g/mol. The van der Waals surface area contributed by atoms with Gasteiger partial charge in [0.15, 0.2) is 0 Å². The zero-order valence-corrected chi connectivity index (χ0v) is 5.63. The molecule has 0 aliphatic heterocycles. The van der Waals surface area contributed by atoms with Crippen LogP contribution in [0.1, 0.15) is 24.3 Å². The van der Waals surface area contributed by atoms with Crippen molar-refractivity contribution in [3.8, 4) is 0 Å². The molecule has 2 heteroatoms. The van der Waals surface area contributed by atoms with E-state index in [4.69, 9.17) is 0 Å². The van der Waals surface area contributed by atoms with E-state index < -0.39 is 0 Å². The van der Waals surface area contributed by atoms with Gasteiger partial charge in [-0.1, -0.05) is 6.07 Å². The molecule has 1 aromatic rings. The highest BCUT2D eigenvalue weighted by atomic mass is 16.1. The van der Waals surface area contributed by atoms with E-state index in [1.165, 1.54) is 18.4 Å². The Labute approximate surface area is 58.9 Å². The summed E-state index contributed by atoms with van der Waals surface area (Å²) in [5.74, 6) is 0.733. The van der Waals surface area contributed by atoms with Crippen LogP contribution in [0.3, 0.4) is 0 Å². The Morgan fingerprint density at radius 2 is 2.20 bits per heavy atom. The van der Waals surface area contributed by atoms with E-state index in [2.05, 4.69) is 4.98 Å². The first kappa shape index (κ1) is 5.71. The molecule has 1 saturated carbocycles. The number of H-pyrrole nitrogens is 1. The SMILES string of the molecule is O=c1ccc(C2CC2)c[nH]1. The molecule has 0 bridgehead atoms. The number of nitrogens with one attached hydrogen (secondary N) is 1. The van der Waals surface area contributed by atoms with Gasteiger partial charge in [-0.15, -0.1) is 0 Å². The molecule has 0 radical (unpaired) electrons. The van der Waals surface area contributed by atoms with Crippen LogP contribution in [-0.4, -0.2) is 4.98 Å². The quantitative estimate of drug-likeness (QED) is 0.617. The van der Waals surface area contributed by atoms with Crippen LogP contribution < -0.4 is 5.56 Å². The standard InChI is InChI=1S/C8H9NO/c10-8-4-3-7(5-9-8)6-1-2-6/h3-6H,1-2H2,(H,9,10). The molecule has 0 aromatic carbocycles. The molecule has 0 saturated heterocycles. The van der Waals surface area contributed by atoms with Crippen molar-refractivity contribution < 1.29 is 0 Å². The molecule has 1 fully saturated rings. The van der Waals surface area contributed by atoms with Gasteiger partial charge >= 0.3 is 0 Å². The summed E-state index contributed by atoms with van der Waals surface area (Å²) in [6, 6.07) is 3.50. The first-order chi connectivity index (χ1) is 4.86. The molecule has 1 N–H and O–H groups in total. The van der Waals surface area contributed by atoms with E-state index in [0.29, 0.717) is 0 Å². The topological polar surface area (TPSA) is 32.9 Å². The fraction of sp³-hybridized carbons (Fsp3) is 0.375. The van der Waals surface area contributed by atoms with Gasteiger partial charge in [0.2, 0.25) is 5.56 Å². The molecular weight excluding hydrogens is 126 g/mol. The Balaban J connectivity index is 2.36. The van der Waals surface area contributed by atoms with Gasteiger partial charge in [0.1, 0.15) is 0 Å². The average Bonchev–Trinajstić information content (AvgIpc) is 2.71. The predicted octanol–water partition coefficient (Wildman–Crippen LogP) is 1.25. The van der Waals surface area contributed by atoms with Crippen molar-refractivity contribution in [1.29, 1.82) is 0 Å². The fourth-order valence-electron chi connectivity index (χ4n) is 1.09. The normalized spacial score (nSPS) is 17.2. The maximum atomic E-state index is 10.6. The van der Waals surface area contributed by atoms with Crippen LogP contribution in [0.25, 0.3) is 0 Å². The highest BCUT2D eigenvalue weighted by Gasteiger charge is 2.22.